The molecular weight excluding hydrogens is 294 g/mol. The third-order valence-electron chi connectivity index (χ3n) is 2.29. The van der Waals surface area contributed by atoms with E-state index in [-0.39, 0.29) is 0 Å². The SMILES string of the molecule is COc1ccc(Br)cc1Nc1cccc(C#N)n1. The van der Waals surface area contributed by atoms with E-state index in [1.807, 2.05) is 24.3 Å². The molecule has 0 aliphatic rings. The predicted molar refractivity (Wildman–Crippen MR) is 72.9 cm³/mol. The average Bonchev–Trinajstić information content (AvgIpc) is 2.39. The van der Waals surface area contributed by atoms with Crippen LogP contribution in [0, 0.1) is 11.3 Å². The van der Waals surface area contributed by atoms with Crippen LogP contribution in [-0.4, -0.2) is 12.1 Å². The second-order valence-electron chi connectivity index (χ2n) is 3.49. The van der Waals surface area contributed by atoms with E-state index in [1.165, 1.54) is 0 Å². The first-order valence-corrected chi connectivity index (χ1v) is 6.00. The smallest absolute Gasteiger partial charge is 0.142 e. The molecule has 2 rings (SSSR count). The molecule has 0 fully saturated rings. The molecule has 1 heterocycles. The van der Waals surface area contributed by atoms with Crippen molar-refractivity contribution in [1.29, 1.82) is 5.26 Å². The maximum Gasteiger partial charge on any atom is 0.142 e. The Morgan fingerprint density at radius 1 is 1.33 bits per heavy atom. The normalized spacial score (nSPS) is 9.61. The number of nitrogens with zero attached hydrogens (tertiary/aromatic N) is 2. The van der Waals surface area contributed by atoms with Crippen LogP contribution in [0.1, 0.15) is 5.69 Å². The molecule has 18 heavy (non-hydrogen) atoms. The molecular formula is C13H10BrN3O. The van der Waals surface area contributed by atoms with Crippen LogP contribution in [0.4, 0.5) is 11.5 Å². The van der Waals surface area contributed by atoms with Gasteiger partial charge in [-0.25, -0.2) is 4.98 Å². The Bertz CT molecular complexity index is 607. The summed E-state index contributed by atoms with van der Waals surface area (Å²) in [5.41, 5.74) is 1.16. The molecule has 1 aromatic carbocycles. The molecule has 2 aromatic rings. The van der Waals surface area contributed by atoms with E-state index < -0.39 is 0 Å². The Labute approximate surface area is 113 Å². The second kappa shape index (κ2) is 5.52. The zero-order chi connectivity index (χ0) is 13.0. The zero-order valence-corrected chi connectivity index (χ0v) is 11.2. The van der Waals surface area contributed by atoms with Gasteiger partial charge in [-0.15, -0.1) is 0 Å². The Balaban J connectivity index is 2.33. The summed E-state index contributed by atoms with van der Waals surface area (Å²) in [4.78, 5) is 4.15. The first-order valence-electron chi connectivity index (χ1n) is 5.20. The van der Waals surface area contributed by atoms with Crippen molar-refractivity contribution in [3.8, 4) is 11.8 Å². The number of hydrogen-bond donors (Lipinski definition) is 1. The summed E-state index contributed by atoms with van der Waals surface area (Å²) in [7, 11) is 1.60. The van der Waals surface area contributed by atoms with E-state index in [0.717, 1.165) is 10.2 Å². The fourth-order valence-electron chi connectivity index (χ4n) is 1.48. The number of ether oxygens (including phenoxy) is 1. The third-order valence-corrected chi connectivity index (χ3v) is 2.78. The van der Waals surface area contributed by atoms with Crippen molar-refractivity contribution in [2.45, 2.75) is 0 Å². The first-order chi connectivity index (χ1) is 8.72. The second-order valence-corrected chi connectivity index (χ2v) is 4.41. The molecule has 5 heteroatoms. The summed E-state index contributed by atoms with van der Waals surface area (Å²) in [6.07, 6.45) is 0. The van der Waals surface area contributed by atoms with Crippen LogP contribution in [0.5, 0.6) is 5.75 Å². The van der Waals surface area contributed by atoms with Crippen molar-refractivity contribution in [3.63, 3.8) is 0 Å². The number of nitriles is 1. The summed E-state index contributed by atoms with van der Waals surface area (Å²) in [5, 5.41) is 11.9. The monoisotopic (exact) mass is 303 g/mol. The van der Waals surface area contributed by atoms with Crippen molar-refractivity contribution in [2.24, 2.45) is 0 Å². The molecule has 0 saturated heterocycles. The predicted octanol–water partition coefficient (Wildman–Crippen LogP) is 3.47. The van der Waals surface area contributed by atoms with Gasteiger partial charge >= 0.3 is 0 Å². The van der Waals surface area contributed by atoms with Crippen molar-refractivity contribution >= 4 is 27.4 Å². The molecule has 0 atom stereocenters. The summed E-state index contributed by atoms with van der Waals surface area (Å²) in [5.74, 6) is 1.31. The van der Waals surface area contributed by atoms with Gasteiger partial charge in [0.2, 0.25) is 0 Å². The average molecular weight is 304 g/mol. The Hall–Kier alpha value is -2.06. The summed E-state index contributed by atoms with van der Waals surface area (Å²) in [6.45, 7) is 0. The Morgan fingerprint density at radius 2 is 2.17 bits per heavy atom. The highest BCUT2D eigenvalue weighted by Gasteiger charge is 2.05. The molecule has 0 aliphatic carbocycles. The van der Waals surface area contributed by atoms with Crippen LogP contribution < -0.4 is 10.1 Å². The van der Waals surface area contributed by atoms with Gasteiger partial charge in [-0.3, -0.25) is 0 Å². The van der Waals surface area contributed by atoms with Crippen LogP contribution >= 0.6 is 15.9 Å². The van der Waals surface area contributed by atoms with Crippen LogP contribution in [0.25, 0.3) is 0 Å². The van der Waals surface area contributed by atoms with Gasteiger partial charge in [-0.05, 0) is 30.3 Å². The van der Waals surface area contributed by atoms with Gasteiger partial charge < -0.3 is 10.1 Å². The molecule has 0 aliphatic heterocycles. The third kappa shape index (κ3) is 2.79. The van der Waals surface area contributed by atoms with Crippen molar-refractivity contribution in [1.82, 2.24) is 4.98 Å². The number of nitrogens with one attached hydrogen (secondary N) is 1. The minimum absolute atomic E-state index is 0.369. The number of halogens is 1. The van der Waals surface area contributed by atoms with Gasteiger partial charge in [0.1, 0.15) is 23.3 Å². The van der Waals surface area contributed by atoms with Crippen molar-refractivity contribution in [2.75, 3.05) is 12.4 Å². The minimum Gasteiger partial charge on any atom is -0.495 e. The van der Waals surface area contributed by atoms with Crippen LogP contribution in [0.2, 0.25) is 0 Å². The molecule has 0 spiro atoms. The molecule has 0 radical (unpaired) electrons. The number of hydrogen-bond acceptors (Lipinski definition) is 4. The van der Waals surface area contributed by atoms with E-state index in [0.29, 0.717) is 17.3 Å². The van der Waals surface area contributed by atoms with Crippen molar-refractivity contribution < 1.29 is 4.74 Å². The van der Waals surface area contributed by atoms with E-state index >= 15 is 0 Å². The molecule has 0 saturated carbocycles. The van der Waals surface area contributed by atoms with E-state index in [2.05, 4.69) is 26.2 Å². The summed E-state index contributed by atoms with van der Waals surface area (Å²) >= 11 is 3.40. The molecule has 0 unspecified atom stereocenters. The van der Waals surface area contributed by atoms with Crippen LogP contribution in [0.15, 0.2) is 40.9 Å². The van der Waals surface area contributed by atoms with E-state index in [4.69, 9.17) is 10.00 Å². The number of benzene rings is 1. The topological polar surface area (TPSA) is 57.9 Å². The zero-order valence-electron chi connectivity index (χ0n) is 9.64. The molecule has 1 N–H and O–H groups in total. The summed E-state index contributed by atoms with van der Waals surface area (Å²) < 4.78 is 6.19. The molecule has 0 amide bonds. The van der Waals surface area contributed by atoms with Gasteiger partial charge in [0.05, 0.1) is 12.8 Å². The fourth-order valence-corrected chi connectivity index (χ4v) is 1.84. The number of methoxy groups -OCH3 is 1. The van der Waals surface area contributed by atoms with Gasteiger partial charge in [0, 0.05) is 4.47 Å². The van der Waals surface area contributed by atoms with Gasteiger partial charge in [-0.1, -0.05) is 22.0 Å². The molecule has 90 valence electrons. The van der Waals surface area contributed by atoms with E-state index in [1.54, 1.807) is 25.3 Å². The van der Waals surface area contributed by atoms with Crippen LogP contribution in [-0.2, 0) is 0 Å². The van der Waals surface area contributed by atoms with Gasteiger partial charge in [0.25, 0.3) is 0 Å². The highest BCUT2D eigenvalue weighted by Crippen LogP contribution is 2.30. The minimum atomic E-state index is 0.369. The molecule has 0 bridgehead atoms. The lowest BCUT2D eigenvalue weighted by Gasteiger charge is -2.10. The number of rotatable bonds is 3. The largest absolute Gasteiger partial charge is 0.495 e. The Morgan fingerprint density at radius 3 is 2.89 bits per heavy atom. The standard InChI is InChI=1S/C13H10BrN3O/c1-18-12-6-5-9(14)7-11(12)17-13-4-2-3-10(8-15)16-13/h2-7H,1H3,(H,16,17). The lowest BCUT2D eigenvalue weighted by Crippen LogP contribution is -1.97. The number of aromatic nitrogens is 1. The number of pyridine rings is 1. The highest BCUT2D eigenvalue weighted by molar-refractivity contribution is 9.10. The quantitative estimate of drug-likeness (QED) is 0.943. The van der Waals surface area contributed by atoms with Gasteiger partial charge in [0.15, 0.2) is 0 Å². The van der Waals surface area contributed by atoms with Gasteiger partial charge in [-0.2, -0.15) is 5.26 Å². The van der Waals surface area contributed by atoms with Crippen molar-refractivity contribution in [3.05, 3.63) is 46.6 Å². The highest BCUT2D eigenvalue weighted by atomic mass is 79.9. The Kier molecular flexibility index (Phi) is 3.80. The van der Waals surface area contributed by atoms with E-state index in [9.17, 15) is 0 Å². The molecule has 1 aromatic heterocycles. The maximum absolute atomic E-state index is 8.80. The molecule has 4 nitrogen and oxygen atoms in total. The fraction of sp³-hybridized carbons (Fsp3) is 0.0769. The lowest BCUT2D eigenvalue weighted by atomic mass is 10.3. The lowest BCUT2D eigenvalue weighted by molar-refractivity contribution is 0.416. The maximum atomic E-state index is 8.80. The summed E-state index contributed by atoms with van der Waals surface area (Å²) in [6, 6.07) is 12.9. The van der Waals surface area contributed by atoms with Crippen LogP contribution in [0.3, 0.4) is 0 Å². The number of anilines is 2. The first kappa shape index (κ1) is 12.4.